The van der Waals surface area contributed by atoms with Crippen LogP contribution in [0.2, 0.25) is 0 Å². The summed E-state index contributed by atoms with van der Waals surface area (Å²) in [5.41, 5.74) is 3.44. The number of aromatic hydroxyl groups is 1. The number of nitrogens with zero attached hydrogens (tertiary/aromatic N) is 1. The Balaban J connectivity index is 1.52. The molecule has 9 nitrogen and oxygen atoms in total. The van der Waals surface area contributed by atoms with Crippen LogP contribution in [0.5, 0.6) is 17.2 Å². The Morgan fingerprint density at radius 3 is 2.55 bits per heavy atom. The molecule has 0 fully saturated rings. The second-order valence-corrected chi connectivity index (χ2v) is 9.67. The predicted octanol–water partition coefficient (Wildman–Crippen LogP) is 3.33. The number of carbonyl (C=O) groups excluding carboxylic acids is 3. The Morgan fingerprint density at radius 2 is 1.75 bits per heavy atom. The molecule has 4 rings (SSSR count). The summed E-state index contributed by atoms with van der Waals surface area (Å²) in [6.07, 6.45) is 1.82. The molecule has 3 aromatic carbocycles. The summed E-state index contributed by atoms with van der Waals surface area (Å²) in [5, 5.41) is 16.3. The first-order valence-electron chi connectivity index (χ1n) is 13.3. The van der Waals surface area contributed by atoms with Gasteiger partial charge in [-0.25, -0.2) is 0 Å². The highest BCUT2D eigenvalue weighted by Gasteiger charge is 2.20. The topological polar surface area (TPSA) is 117 Å². The number of benzene rings is 3. The van der Waals surface area contributed by atoms with E-state index in [4.69, 9.17) is 9.47 Å². The molecule has 0 spiro atoms. The maximum absolute atomic E-state index is 13.4. The molecular formula is C31H35N3O6. The molecule has 0 saturated heterocycles. The van der Waals surface area contributed by atoms with Gasteiger partial charge in [0.05, 0.1) is 27.2 Å². The average Bonchev–Trinajstić information content (AvgIpc) is 2.96. The number of carbonyl (C=O) groups is 3. The van der Waals surface area contributed by atoms with Gasteiger partial charge >= 0.3 is 0 Å². The summed E-state index contributed by atoms with van der Waals surface area (Å²) in [6.45, 7) is 1.08. The lowest BCUT2D eigenvalue weighted by molar-refractivity contribution is -0.135. The van der Waals surface area contributed by atoms with Crippen LogP contribution in [-0.2, 0) is 22.4 Å². The summed E-state index contributed by atoms with van der Waals surface area (Å²) < 4.78 is 10.7. The molecule has 0 saturated carbocycles. The highest BCUT2D eigenvalue weighted by Crippen LogP contribution is 2.31. The van der Waals surface area contributed by atoms with Gasteiger partial charge in [0, 0.05) is 36.3 Å². The lowest BCUT2D eigenvalue weighted by atomic mass is 9.98. The van der Waals surface area contributed by atoms with Gasteiger partial charge in [0.25, 0.3) is 5.91 Å². The van der Waals surface area contributed by atoms with Crippen LogP contribution in [0.1, 0.15) is 34.3 Å². The molecule has 3 amide bonds. The van der Waals surface area contributed by atoms with Crippen LogP contribution in [0.15, 0.2) is 60.7 Å². The number of fused-ring (bicyclic) bond motifs is 5. The van der Waals surface area contributed by atoms with Gasteiger partial charge in [-0.3, -0.25) is 14.4 Å². The number of phenols is 1. The van der Waals surface area contributed by atoms with Crippen molar-refractivity contribution in [2.45, 2.75) is 25.7 Å². The molecule has 9 heteroatoms. The SMILES string of the molecule is COc1ccc(OC)c(CC(=O)N2CCCCNC(=O)c3cccc(c3)-c3cc(ccc3O)CCNC(=O)C2)c1. The van der Waals surface area contributed by atoms with Crippen LogP contribution in [0.25, 0.3) is 11.1 Å². The Hall–Kier alpha value is -4.53. The van der Waals surface area contributed by atoms with Crippen molar-refractivity contribution >= 4 is 17.7 Å². The van der Waals surface area contributed by atoms with Gasteiger partial charge in [-0.15, -0.1) is 0 Å². The number of hydrogen-bond donors (Lipinski definition) is 3. The van der Waals surface area contributed by atoms with Gasteiger partial charge in [0.1, 0.15) is 17.2 Å². The predicted molar refractivity (Wildman–Crippen MR) is 152 cm³/mol. The standard InChI is InChI=1S/C31H35N3O6/c1-39-25-9-11-28(40-2)24(18-25)19-30(37)34-15-4-3-13-33-31(38)23-7-5-6-22(17-23)26-16-21(8-10-27(26)35)12-14-32-29(36)20-34/h5-11,16-18,35H,3-4,12-15,19-20H2,1-2H3,(H,32,36)(H,33,38). The highest BCUT2D eigenvalue weighted by atomic mass is 16.5. The van der Waals surface area contributed by atoms with Crippen LogP contribution in [0, 0.1) is 0 Å². The number of phenolic OH excluding ortho intramolecular Hbond substituents is 1. The largest absolute Gasteiger partial charge is 0.507 e. The molecule has 0 aromatic heterocycles. The van der Waals surface area contributed by atoms with Crippen LogP contribution in [0.3, 0.4) is 0 Å². The van der Waals surface area contributed by atoms with E-state index in [1.165, 1.54) is 0 Å². The van der Waals surface area contributed by atoms with Crippen LogP contribution < -0.4 is 20.1 Å². The van der Waals surface area contributed by atoms with Crippen LogP contribution in [0.4, 0.5) is 0 Å². The number of nitrogens with one attached hydrogen (secondary N) is 2. The summed E-state index contributed by atoms with van der Waals surface area (Å²) in [5.74, 6) is 0.615. The first-order chi connectivity index (χ1) is 19.4. The quantitative estimate of drug-likeness (QED) is 0.463. The van der Waals surface area contributed by atoms with E-state index in [1.54, 1.807) is 67.7 Å². The number of amides is 3. The van der Waals surface area contributed by atoms with Gasteiger partial charge in [-0.2, -0.15) is 0 Å². The van der Waals surface area contributed by atoms with Crippen molar-refractivity contribution in [2.24, 2.45) is 0 Å². The Kier molecular flexibility index (Phi) is 9.62. The zero-order valence-electron chi connectivity index (χ0n) is 22.9. The lowest BCUT2D eigenvalue weighted by Gasteiger charge is -2.23. The number of methoxy groups -OCH3 is 2. The van der Waals surface area contributed by atoms with Gasteiger partial charge in [-0.1, -0.05) is 18.2 Å². The Morgan fingerprint density at radius 1 is 0.925 bits per heavy atom. The van der Waals surface area contributed by atoms with E-state index < -0.39 is 0 Å². The van der Waals surface area contributed by atoms with E-state index in [0.717, 1.165) is 11.1 Å². The molecule has 3 aromatic rings. The maximum atomic E-state index is 13.4. The number of rotatable bonds is 4. The monoisotopic (exact) mass is 545 g/mol. The minimum Gasteiger partial charge on any atom is -0.507 e. The molecule has 1 heterocycles. The minimum absolute atomic E-state index is 0.0526. The molecule has 0 atom stereocenters. The molecule has 0 aliphatic carbocycles. The Labute approximate surface area is 234 Å². The molecule has 0 radical (unpaired) electrons. The summed E-state index contributed by atoms with van der Waals surface area (Å²) in [4.78, 5) is 40.6. The van der Waals surface area contributed by atoms with Crippen molar-refractivity contribution in [3.8, 4) is 28.4 Å². The Bertz CT molecular complexity index is 1370. The van der Waals surface area contributed by atoms with Crippen LogP contribution in [-0.4, -0.2) is 68.1 Å². The first kappa shape index (κ1) is 28.5. The molecular weight excluding hydrogens is 510 g/mol. The van der Waals surface area contributed by atoms with Crippen molar-refractivity contribution in [3.63, 3.8) is 0 Å². The zero-order valence-corrected chi connectivity index (χ0v) is 22.9. The van der Waals surface area contributed by atoms with Crippen molar-refractivity contribution in [1.82, 2.24) is 15.5 Å². The molecule has 1 aliphatic rings. The minimum atomic E-state index is -0.257. The second-order valence-electron chi connectivity index (χ2n) is 9.67. The number of ether oxygens (including phenoxy) is 2. The van der Waals surface area contributed by atoms with Crippen molar-refractivity contribution in [3.05, 3.63) is 77.4 Å². The van der Waals surface area contributed by atoms with E-state index in [0.29, 0.717) is 67.1 Å². The van der Waals surface area contributed by atoms with Gasteiger partial charge < -0.3 is 30.1 Å². The van der Waals surface area contributed by atoms with Crippen molar-refractivity contribution < 1.29 is 29.0 Å². The molecule has 1 aliphatic heterocycles. The van der Waals surface area contributed by atoms with E-state index in [9.17, 15) is 19.5 Å². The van der Waals surface area contributed by atoms with E-state index in [1.807, 2.05) is 12.1 Å². The normalized spacial score (nSPS) is 14.8. The van der Waals surface area contributed by atoms with Crippen molar-refractivity contribution in [2.75, 3.05) is 40.4 Å². The molecule has 210 valence electrons. The summed E-state index contributed by atoms with van der Waals surface area (Å²) in [7, 11) is 3.10. The fourth-order valence-corrected chi connectivity index (χ4v) is 4.69. The van der Waals surface area contributed by atoms with Gasteiger partial charge in [0.15, 0.2) is 0 Å². The van der Waals surface area contributed by atoms with E-state index >= 15 is 0 Å². The molecule has 40 heavy (non-hydrogen) atoms. The molecule has 4 bridgehead atoms. The third-order valence-corrected chi connectivity index (χ3v) is 6.89. The average molecular weight is 546 g/mol. The molecule has 0 unspecified atom stereocenters. The third kappa shape index (κ3) is 7.31. The van der Waals surface area contributed by atoms with Crippen molar-refractivity contribution in [1.29, 1.82) is 0 Å². The molecule has 3 N–H and O–H groups in total. The third-order valence-electron chi connectivity index (χ3n) is 6.89. The van der Waals surface area contributed by atoms with Gasteiger partial charge in [-0.05, 0) is 72.9 Å². The van der Waals surface area contributed by atoms with Gasteiger partial charge in [0.2, 0.25) is 11.8 Å². The smallest absolute Gasteiger partial charge is 0.251 e. The van der Waals surface area contributed by atoms with E-state index in [2.05, 4.69) is 10.6 Å². The maximum Gasteiger partial charge on any atom is 0.251 e. The van der Waals surface area contributed by atoms with E-state index in [-0.39, 0.29) is 36.4 Å². The lowest BCUT2D eigenvalue weighted by Crippen LogP contribution is -2.42. The fourth-order valence-electron chi connectivity index (χ4n) is 4.69. The highest BCUT2D eigenvalue weighted by molar-refractivity contribution is 5.95. The fraction of sp³-hybridized carbons (Fsp3) is 0.323. The second kappa shape index (κ2) is 13.5. The summed E-state index contributed by atoms with van der Waals surface area (Å²) >= 11 is 0. The number of hydrogen-bond acceptors (Lipinski definition) is 6. The summed E-state index contributed by atoms with van der Waals surface area (Å²) in [6, 6.07) is 17.7. The zero-order chi connectivity index (χ0) is 28.5. The first-order valence-corrected chi connectivity index (χ1v) is 13.3. The van der Waals surface area contributed by atoms with Crippen LogP contribution >= 0.6 is 0 Å².